The van der Waals surface area contributed by atoms with E-state index >= 15 is 0 Å². The van der Waals surface area contributed by atoms with Crippen molar-refractivity contribution >= 4 is 40.5 Å². The average molecular weight is 303 g/mol. The molecule has 5 heteroatoms. The van der Waals surface area contributed by atoms with Crippen LogP contribution in [0.2, 0.25) is 15.1 Å². The van der Waals surface area contributed by atoms with Gasteiger partial charge < -0.3 is 10.5 Å². The number of halogens is 3. The molecule has 2 nitrogen and oxygen atoms in total. The highest BCUT2D eigenvalue weighted by atomic mass is 35.5. The van der Waals surface area contributed by atoms with Crippen molar-refractivity contribution in [2.75, 3.05) is 5.73 Å². The van der Waals surface area contributed by atoms with Crippen molar-refractivity contribution in [1.82, 2.24) is 0 Å². The SMILES string of the molecule is Nc1cccc(Cl)c1OCc1ccc(Cl)cc1Cl. The third-order valence-electron chi connectivity index (χ3n) is 2.38. The Morgan fingerprint density at radius 1 is 1.00 bits per heavy atom. The van der Waals surface area contributed by atoms with E-state index in [2.05, 4.69) is 0 Å². The molecule has 94 valence electrons. The molecule has 0 saturated heterocycles. The van der Waals surface area contributed by atoms with Gasteiger partial charge in [-0.3, -0.25) is 0 Å². The topological polar surface area (TPSA) is 35.2 Å². The van der Waals surface area contributed by atoms with Gasteiger partial charge in [0.25, 0.3) is 0 Å². The van der Waals surface area contributed by atoms with Gasteiger partial charge in [-0.1, -0.05) is 46.9 Å². The molecule has 0 aromatic heterocycles. The van der Waals surface area contributed by atoms with Crippen molar-refractivity contribution < 1.29 is 4.74 Å². The molecular weight excluding hydrogens is 293 g/mol. The van der Waals surface area contributed by atoms with E-state index < -0.39 is 0 Å². The van der Waals surface area contributed by atoms with Crippen LogP contribution in [0.4, 0.5) is 5.69 Å². The van der Waals surface area contributed by atoms with Crippen LogP contribution in [0.25, 0.3) is 0 Å². The highest BCUT2D eigenvalue weighted by molar-refractivity contribution is 6.35. The second-order valence-electron chi connectivity index (χ2n) is 3.68. The fourth-order valence-corrected chi connectivity index (χ4v) is 2.17. The Morgan fingerprint density at radius 2 is 1.78 bits per heavy atom. The monoisotopic (exact) mass is 301 g/mol. The van der Waals surface area contributed by atoms with Crippen LogP contribution in [0.3, 0.4) is 0 Å². The Kier molecular flexibility index (Phi) is 4.23. The largest absolute Gasteiger partial charge is 0.485 e. The van der Waals surface area contributed by atoms with Crippen LogP contribution in [0.1, 0.15) is 5.56 Å². The lowest BCUT2D eigenvalue weighted by Crippen LogP contribution is -2.00. The summed E-state index contributed by atoms with van der Waals surface area (Å²) in [6, 6.07) is 10.4. The fourth-order valence-electron chi connectivity index (χ4n) is 1.47. The van der Waals surface area contributed by atoms with Crippen LogP contribution >= 0.6 is 34.8 Å². The number of para-hydroxylation sites is 1. The lowest BCUT2D eigenvalue weighted by molar-refractivity contribution is 0.308. The highest BCUT2D eigenvalue weighted by Gasteiger charge is 2.07. The van der Waals surface area contributed by atoms with Crippen LogP contribution in [-0.2, 0) is 6.61 Å². The van der Waals surface area contributed by atoms with Crippen LogP contribution < -0.4 is 10.5 Å². The van der Waals surface area contributed by atoms with E-state index in [9.17, 15) is 0 Å². The number of nitrogen functional groups attached to an aromatic ring is 1. The van der Waals surface area contributed by atoms with E-state index in [1.807, 2.05) is 0 Å². The van der Waals surface area contributed by atoms with Gasteiger partial charge >= 0.3 is 0 Å². The van der Waals surface area contributed by atoms with Crippen molar-refractivity contribution in [3.63, 3.8) is 0 Å². The summed E-state index contributed by atoms with van der Waals surface area (Å²) in [7, 11) is 0. The minimum atomic E-state index is 0.282. The zero-order chi connectivity index (χ0) is 13.1. The van der Waals surface area contributed by atoms with E-state index in [1.54, 1.807) is 36.4 Å². The summed E-state index contributed by atoms with van der Waals surface area (Å²) in [6.07, 6.45) is 0. The average Bonchev–Trinajstić information content (AvgIpc) is 2.31. The summed E-state index contributed by atoms with van der Waals surface area (Å²) in [5.41, 5.74) is 7.10. The first-order valence-corrected chi connectivity index (χ1v) is 6.32. The van der Waals surface area contributed by atoms with Crippen LogP contribution in [0.15, 0.2) is 36.4 Å². The molecule has 0 aliphatic carbocycles. The quantitative estimate of drug-likeness (QED) is 0.826. The summed E-state index contributed by atoms with van der Waals surface area (Å²) >= 11 is 17.9. The second kappa shape index (κ2) is 5.70. The molecule has 0 aliphatic heterocycles. The number of rotatable bonds is 3. The predicted octanol–water partition coefficient (Wildman–Crippen LogP) is 4.81. The molecule has 2 aromatic rings. The molecule has 0 saturated carbocycles. The summed E-state index contributed by atoms with van der Waals surface area (Å²) in [5.74, 6) is 0.463. The molecule has 0 unspecified atom stereocenters. The number of nitrogens with two attached hydrogens (primary N) is 1. The maximum absolute atomic E-state index is 6.05. The third kappa shape index (κ3) is 3.02. The van der Waals surface area contributed by atoms with Gasteiger partial charge in [-0.25, -0.2) is 0 Å². The number of ether oxygens (including phenoxy) is 1. The summed E-state index contributed by atoms with van der Waals surface area (Å²) < 4.78 is 5.59. The van der Waals surface area contributed by atoms with Gasteiger partial charge in [-0.15, -0.1) is 0 Å². The van der Waals surface area contributed by atoms with Gasteiger partial charge in [0.15, 0.2) is 5.75 Å². The molecule has 0 heterocycles. The van der Waals surface area contributed by atoms with E-state index in [0.717, 1.165) is 5.56 Å². The lowest BCUT2D eigenvalue weighted by atomic mass is 10.2. The Labute approximate surface area is 120 Å². The van der Waals surface area contributed by atoms with Crippen LogP contribution in [-0.4, -0.2) is 0 Å². The Morgan fingerprint density at radius 3 is 2.44 bits per heavy atom. The van der Waals surface area contributed by atoms with Gasteiger partial charge in [0, 0.05) is 15.6 Å². The maximum Gasteiger partial charge on any atom is 0.161 e. The van der Waals surface area contributed by atoms with Gasteiger partial charge in [-0.2, -0.15) is 0 Å². The Bertz CT molecular complexity index is 552. The zero-order valence-corrected chi connectivity index (χ0v) is 11.6. The van der Waals surface area contributed by atoms with Gasteiger partial charge in [-0.05, 0) is 24.3 Å². The molecule has 0 amide bonds. The van der Waals surface area contributed by atoms with Gasteiger partial charge in [0.2, 0.25) is 0 Å². The molecule has 0 bridgehead atoms. The Hall–Kier alpha value is -1.09. The third-order valence-corrected chi connectivity index (χ3v) is 3.27. The Balaban J connectivity index is 2.16. The van der Waals surface area contributed by atoms with Crippen molar-refractivity contribution in [3.8, 4) is 5.75 Å². The first-order chi connectivity index (χ1) is 8.58. The highest BCUT2D eigenvalue weighted by Crippen LogP contribution is 2.32. The fraction of sp³-hybridized carbons (Fsp3) is 0.0769. The maximum atomic E-state index is 6.05. The number of benzene rings is 2. The lowest BCUT2D eigenvalue weighted by Gasteiger charge is -2.11. The first kappa shape index (κ1) is 13.3. The molecular formula is C13H10Cl3NO. The molecule has 0 atom stereocenters. The number of hydrogen-bond donors (Lipinski definition) is 1. The van der Waals surface area contributed by atoms with Crippen molar-refractivity contribution in [2.45, 2.75) is 6.61 Å². The predicted molar refractivity (Wildman–Crippen MR) is 76.7 cm³/mol. The van der Waals surface area contributed by atoms with Gasteiger partial charge in [0.1, 0.15) is 6.61 Å². The molecule has 2 aromatic carbocycles. The number of hydrogen-bond acceptors (Lipinski definition) is 2. The first-order valence-electron chi connectivity index (χ1n) is 5.18. The molecule has 0 fully saturated rings. The molecule has 18 heavy (non-hydrogen) atoms. The van der Waals surface area contributed by atoms with Crippen molar-refractivity contribution in [2.24, 2.45) is 0 Å². The van der Waals surface area contributed by atoms with Crippen molar-refractivity contribution in [3.05, 3.63) is 57.0 Å². The molecule has 0 aliphatic rings. The molecule has 0 radical (unpaired) electrons. The minimum Gasteiger partial charge on any atom is -0.485 e. The summed E-state index contributed by atoms with van der Waals surface area (Å²) in [6.45, 7) is 0.282. The second-order valence-corrected chi connectivity index (χ2v) is 4.93. The summed E-state index contributed by atoms with van der Waals surface area (Å²) in [4.78, 5) is 0. The van der Waals surface area contributed by atoms with E-state index in [4.69, 9.17) is 45.3 Å². The molecule has 0 spiro atoms. The van der Waals surface area contributed by atoms with E-state index in [-0.39, 0.29) is 6.61 Å². The van der Waals surface area contributed by atoms with Crippen molar-refractivity contribution in [1.29, 1.82) is 0 Å². The zero-order valence-electron chi connectivity index (χ0n) is 9.29. The standard InChI is InChI=1S/C13H10Cl3NO/c14-9-5-4-8(11(16)6-9)7-18-13-10(15)2-1-3-12(13)17/h1-6H,7,17H2. The van der Waals surface area contributed by atoms with E-state index in [0.29, 0.717) is 26.5 Å². The number of anilines is 1. The molecule has 2 rings (SSSR count). The van der Waals surface area contributed by atoms with Crippen LogP contribution in [0.5, 0.6) is 5.75 Å². The van der Waals surface area contributed by atoms with Gasteiger partial charge in [0.05, 0.1) is 10.7 Å². The normalized spacial score (nSPS) is 10.4. The summed E-state index contributed by atoms with van der Waals surface area (Å²) in [5, 5.41) is 1.61. The van der Waals surface area contributed by atoms with E-state index in [1.165, 1.54) is 0 Å². The smallest absolute Gasteiger partial charge is 0.161 e. The molecule has 2 N–H and O–H groups in total. The van der Waals surface area contributed by atoms with Crippen LogP contribution in [0, 0.1) is 0 Å². The minimum absolute atomic E-state index is 0.282.